The molecule has 118 valence electrons. The van der Waals surface area contributed by atoms with Crippen molar-refractivity contribution in [3.8, 4) is 0 Å². The van der Waals surface area contributed by atoms with Crippen molar-refractivity contribution in [2.75, 3.05) is 0 Å². The van der Waals surface area contributed by atoms with Crippen LogP contribution in [0.1, 0.15) is 40.4 Å². The van der Waals surface area contributed by atoms with Crippen molar-refractivity contribution in [2.24, 2.45) is 0 Å². The fraction of sp³-hybridized carbons (Fsp3) is 0.235. The minimum Gasteiger partial charge on any atom is -0.344 e. The lowest BCUT2D eigenvalue weighted by molar-refractivity contribution is 0.0937. The van der Waals surface area contributed by atoms with Crippen LogP contribution < -0.4 is 5.32 Å². The van der Waals surface area contributed by atoms with E-state index in [1.54, 1.807) is 12.4 Å². The van der Waals surface area contributed by atoms with E-state index in [9.17, 15) is 4.79 Å². The summed E-state index contributed by atoms with van der Waals surface area (Å²) in [5.74, 6) is -0.252. The molecular weight excluding hydrogens is 312 g/mol. The molecule has 0 aliphatic carbocycles. The highest BCUT2D eigenvalue weighted by molar-refractivity contribution is 6.30. The number of imidazole rings is 1. The van der Waals surface area contributed by atoms with E-state index in [4.69, 9.17) is 11.6 Å². The molecule has 1 N–H and O–H groups in total. The standard InChI is InChI=1S/C17H17ClN4O/c1-10-7-11(2)22-9-19-15(16(22)20-10)17(23)21-12(3)13-5-4-6-14(18)8-13/h4-9,12H,1-3H3,(H,21,23). The van der Waals surface area contributed by atoms with E-state index in [1.807, 2.05) is 49.4 Å². The summed E-state index contributed by atoms with van der Waals surface area (Å²) >= 11 is 6.00. The van der Waals surface area contributed by atoms with Crippen molar-refractivity contribution in [2.45, 2.75) is 26.8 Å². The van der Waals surface area contributed by atoms with E-state index < -0.39 is 0 Å². The smallest absolute Gasteiger partial charge is 0.274 e. The van der Waals surface area contributed by atoms with Gasteiger partial charge < -0.3 is 5.32 Å². The molecule has 3 aromatic rings. The lowest BCUT2D eigenvalue weighted by Gasteiger charge is -2.14. The van der Waals surface area contributed by atoms with E-state index in [-0.39, 0.29) is 11.9 Å². The zero-order valence-corrected chi connectivity index (χ0v) is 13.9. The van der Waals surface area contributed by atoms with Crippen LogP contribution in [0.4, 0.5) is 0 Å². The second-order valence-electron chi connectivity index (χ2n) is 5.58. The zero-order chi connectivity index (χ0) is 16.6. The Bertz CT molecular complexity index is 887. The minimum atomic E-state index is -0.252. The van der Waals surface area contributed by atoms with Crippen LogP contribution in [0.5, 0.6) is 0 Å². The Balaban J connectivity index is 1.89. The van der Waals surface area contributed by atoms with E-state index >= 15 is 0 Å². The van der Waals surface area contributed by atoms with Gasteiger partial charge in [-0.15, -0.1) is 0 Å². The summed E-state index contributed by atoms with van der Waals surface area (Å²) in [4.78, 5) is 21.2. The minimum absolute atomic E-state index is 0.177. The van der Waals surface area contributed by atoms with Crippen molar-refractivity contribution in [1.82, 2.24) is 19.7 Å². The fourth-order valence-electron chi connectivity index (χ4n) is 2.56. The average Bonchev–Trinajstić information content (AvgIpc) is 2.91. The molecule has 0 bridgehead atoms. The maximum absolute atomic E-state index is 12.6. The summed E-state index contributed by atoms with van der Waals surface area (Å²) in [5, 5.41) is 3.59. The number of fused-ring (bicyclic) bond motifs is 1. The van der Waals surface area contributed by atoms with Gasteiger partial charge in [0.15, 0.2) is 11.3 Å². The number of hydrogen-bond acceptors (Lipinski definition) is 3. The first kappa shape index (κ1) is 15.5. The molecule has 6 heteroatoms. The number of halogens is 1. The Kier molecular flexibility index (Phi) is 4.05. The van der Waals surface area contributed by atoms with E-state index in [0.717, 1.165) is 17.0 Å². The number of nitrogens with zero attached hydrogens (tertiary/aromatic N) is 3. The number of amides is 1. The van der Waals surface area contributed by atoms with Gasteiger partial charge in [0, 0.05) is 16.4 Å². The lowest BCUT2D eigenvalue weighted by Crippen LogP contribution is -2.27. The monoisotopic (exact) mass is 328 g/mol. The van der Waals surface area contributed by atoms with Crippen molar-refractivity contribution in [3.05, 3.63) is 64.3 Å². The third-order valence-electron chi connectivity index (χ3n) is 3.73. The van der Waals surface area contributed by atoms with Gasteiger partial charge in [-0.25, -0.2) is 9.97 Å². The summed E-state index contributed by atoms with van der Waals surface area (Å²) in [5.41, 5.74) is 3.67. The SMILES string of the molecule is Cc1cc(C)n2cnc(C(=O)NC(C)c3cccc(Cl)c3)c2n1. The molecule has 0 aliphatic rings. The number of carbonyl (C=O) groups is 1. The van der Waals surface area contributed by atoms with Crippen LogP contribution in [0.15, 0.2) is 36.7 Å². The molecule has 1 unspecified atom stereocenters. The molecule has 0 aliphatic heterocycles. The molecule has 2 heterocycles. The van der Waals surface area contributed by atoms with Gasteiger partial charge in [-0.2, -0.15) is 0 Å². The number of benzene rings is 1. The van der Waals surface area contributed by atoms with Crippen LogP contribution in [0.25, 0.3) is 5.65 Å². The summed E-state index contributed by atoms with van der Waals surface area (Å²) in [7, 11) is 0. The average molecular weight is 329 g/mol. The second-order valence-corrected chi connectivity index (χ2v) is 6.01. The van der Waals surface area contributed by atoms with Crippen LogP contribution in [0, 0.1) is 13.8 Å². The van der Waals surface area contributed by atoms with Crippen LogP contribution in [-0.4, -0.2) is 20.3 Å². The molecule has 0 spiro atoms. The highest BCUT2D eigenvalue weighted by Gasteiger charge is 2.18. The Morgan fingerprint density at radius 3 is 2.83 bits per heavy atom. The fourth-order valence-corrected chi connectivity index (χ4v) is 2.76. The molecule has 1 amide bonds. The largest absolute Gasteiger partial charge is 0.344 e. The predicted octanol–water partition coefficient (Wildman–Crippen LogP) is 3.49. The summed E-state index contributed by atoms with van der Waals surface area (Å²) < 4.78 is 1.81. The van der Waals surface area contributed by atoms with Gasteiger partial charge in [0.2, 0.25) is 0 Å². The lowest BCUT2D eigenvalue weighted by atomic mass is 10.1. The molecule has 3 rings (SSSR count). The van der Waals surface area contributed by atoms with E-state index in [0.29, 0.717) is 16.4 Å². The van der Waals surface area contributed by atoms with Crippen LogP contribution in [0.3, 0.4) is 0 Å². The van der Waals surface area contributed by atoms with Crippen molar-refractivity contribution >= 4 is 23.2 Å². The van der Waals surface area contributed by atoms with E-state index in [2.05, 4.69) is 15.3 Å². The Morgan fingerprint density at radius 2 is 2.09 bits per heavy atom. The molecule has 2 aromatic heterocycles. The van der Waals surface area contributed by atoms with Crippen LogP contribution in [0.2, 0.25) is 5.02 Å². The van der Waals surface area contributed by atoms with Gasteiger partial charge in [0.25, 0.3) is 5.91 Å². The highest BCUT2D eigenvalue weighted by atomic mass is 35.5. The van der Waals surface area contributed by atoms with Gasteiger partial charge in [-0.1, -0.05) is 23.7 Å². The topological polar surface area (TPSA) is 59.3 Å². The van der Waals surface area contributed by atoms with Gasteiger partial charge in [-0.05, 0) is 44.5 Å². The van der Waals surface area contributed by atoms with Crippen molar-refractivity contribution in [1.29, 1.82) is 0 Å². The normalized spacial score (nSPS) is 12.3. The van der Waals surface area contributed by atoms with Crippen molar-refractivity contribution in [3.63, 3.8) is 0 Å². The highest BCUT2D eigenvalue weighted by Crippen LogP contribution is 2.18. The van der Waals surface area contributed by atoms with Gasteiger partial charge >= 0.3 is 0 Å². The molecule has 1 aromatic carbocycles. The number of aryl methyl sites for hydroxylation is 2. The van der Waals surface area contributed by atoms with Crippen LogP contribution >= 0.6 is 11.6 Å². The molecule has 0 saturated heterocycles. The summed E-state index contributed by atoms with van der Waals surface area (Å²) in [6.07, 6.45) is 1.62. The Morgan fingerprint density at radius 1 is 1.30 bits per heavy atom. The molecule has 0 fully saturated rings. The number of aromatic nitrogens is 3. The molecule has 5 nitrogen and oxygen atoms in total. The number of hydrogen-bond donors (Lipinski definition) is 1. The van der Waals surface area contributed by atoms with Crippen molar-refractivity contribution < 1.29 is 4.79 Å². The second kappa shape index (κ2) is 6.01. The number of nitrogens with one attached hydrogen (secondary N) is 1. The maximum Gasteiger partial charge on any atom is 0.274 e. The predicted molar refractivity (Wildman–Crippen MR) is 89.8 cm³/mol. The number of rotatable bonds is 3. The van der Waals surface area contributed by atoms with Crippen LogP contribution in [-0.2, 0) is 0 Å². The molecule has 23 heavy (non-hydrogen) atoms. The van der Waals surface area contributed by atoms with Gasteiger partial charge in [0.1, 0.15) is 6.33 Å². The molecule has 0 saturated carbocycles. The third kappa shape index (κ3) is 3.05. The van der Waals surface area contributed by atoms with Gasteiger partial charge in [-0.3, -0.25) is 9.20 Å². The molecular formula is C17H17ClN4O. The number of carbonyl (C=O) groups excluding carboxylic acids is 1. The molecule has 1 atom stereocenters. The van der Waals surface area contributed by atoms with Gasteiger partial charge in [0.05, 0.1) is 6.04 Å². The first-order chi connectivity index (χ1) is 11.0. The third-order valence-corrected chi connectivity index (χ3v) is 3.97. The first-order valence-electron chi connectivity index (χ1n) is 7.33. The maximum atomic E-state index is 12.6. The first-order valence-corrected chi connectivity index (χ1v) is 7.71. The summed E-state index contributed by atoms with van der Waals surface area (Å²) in [6, 6.07) is 9.20. The molecule has 0 radical (unpaired) electrons. The quantitative estimate of drug-likeness (QED) is 0.800. The Hall–Kier alpha value is -2.40. The zero-order valence-electron chi connectivity index (χ0n) is 13.2. The Labute approximate surface area is 139 Å². The summed E-state index contributed by atoms with van der Waals surface area (Å²) in [6.45, 7) is 5.77. The van der Waals surface area contributed by atoms with E-state index in [1.165, 1.54) is 0 Å².